The summed E-state index contributed by atoms with van der Waals surface area (Å²) in [7, 11) is 0. The number of nitrogens with zero attached hydrogens (tertiary/aromatic N) is 1. The van der Waals surface area contributed by atoms with Crippen molar-refractivity contribution in [2.45, 2.75) is 39.2 Å². The topological polar surface area (TPSA) is 24.9 Å². The van der Waals surface area contributed by atoms with Gasteiger partial charge in [0.1, 0.15) is 0 Å². The summed E-state index contributed by atoms with van der Waals surface area (Å²) >= 11 is 5.67. The highest BCUT2D eigenvalue weighted by Gasteiger charge is 2.25. The molecule has 0 aromatic carbocycles. The van der Waals surface area contributed by atoms with Crippen LogP contribution in [0.5, 0.6) is 0 Å². The van der Waals surface area contributed by atoms with E-state index in [1.54, 1.807) is 0 Å². The Morgan fingerprint density at radius 2 is 2.12 bits per heavy atom. The fourth-order valence-electron chi connectivity index (χ4n) is 2.39. The predicted molar refractivity (Wildman–Crippen MR) is 68.8 cm³/mol. The Balaban J connectivity index is 2.01. The molecule has 0 aliphatic heterocycles. The standard InChI is InChI=1S/C13H18ClFN2/c1-8-3-4-11(5-9(8)2)17-13-12(15)6-10(14)7-16-13/h6-9,11H,3-5H2,1-2H3,(H,16,17). The smallest absolute Gasteiger partial charge is 0.166 e. The van der Waals surface area contributed by atoms with E-state index in [0.29, 0.717) is 22.8 Å². The average molecular weight is 257 g/mol. The number of hydrogen-bond acceptors (Lipinski definition) is 2. The number of halogens is 2. The third-order valence-corrected chi connectivity index (χ3v) is 3.95. The van der Waals surface area contributed by atoms with Crippen molar-refractivity contribution in [3.63, 3.8) is 0 Å². The number of hydrogen-bond donors (Lipinski definition) is 1. The largest absolute Gasteiger partial charge is 0.365 e. The molecule has 1 aromatic rings. The maximum Gasteiger partial charge on any atom is 0.166 e. The summed E-state index contributed by atoms with van der Waals surface area (Å²) in [6, 6.07) is 1.62. The summed E-state index contributed by atoms with van der Waals surface area (Å²) < 4.78 is 13.6. The molecule has 1 aromatic heterocycles. The molecule has 0 radical (unpaired) electrons. The zero-order valence-corrected chi connectivity index (χ0v) is 11.0. The molecule has 1 N–H and O–H groups in total. The van der Waals surface area contributed by atoms with Crippen molar-refractivity contribution in [3.8, 4) is 0 Å². The lowest BCUT2D eigenvalue weighted by molar-refractivity contribution is 0.260. The molecule has 0 spiro atoms. The molecule has 1 saturated carbocycles. The van der Waals surface area contributed by atoms with Gasteiger partial charge in [0.05, 0.1) is 5.02 Å². The molecule has 1 aliphatic rings. The summed E-state index contributed by atoms with van der Waals surface area (Å²) in [6.07, 6.45) is 4.82. The first-order valence-corrected chi connectivity index (χ1v) is 6.51. The number of rotatable bonds is 2. The Morgan fingerprint density at radius 1 is 1.35 bits per heavy atom. The number of nitrogens with one attached hydrogen (secondary N) is 1. The van der Waals surface area contributed by atoms with Crippen LogP contribution in [0.4, 0.5) is 10.2 Å². The van der Waals surface area contributed by atoms with Crippen LogP contribution in [-0.2, 0) is 0 Å². The third kappa shape index (κ3) is 3.09. The van der Waals surface area contributed by atoms with Crippen LogP contribution >= 0.6 is 11.6 Å². The normalized spacial score (nSPS) is 29.1. The van der Waals surface area contributed by atoms with Crippen LogP contribution in [0.25, 0.3) is 0 Å². The highest BCUT2D eigenvalue weighted by Crippen LogP contribution is 2.31. The van der Waals surface area contributed by atoms with E-state index in [4.69, 9.17) is 11.6 Å². The number of anilines is 1. The molecule has 0 bridgehead atoms. The van der Waals surface area contributed by atoms with Crippen LogP contribution in [0.1, 0.15) is 33.1 Å². The number of pyridine rings is 1. The Kier molecular flexibility index (Phi) is 3.87. The van der Waals surface area contributed by atoms with Crippen molar-refractivity contribution in [3.05, 3.63) is 23.1 Å². The number of aromatic nitrogens is 1. The quantitative estimate of drug-likeness (QED) is 0.861. The van der Waals surface area contributed by atoms with Gasteiger partial charge in [0, 0.05) is 12.2 Å². The van der Waals surface area contributed by atoms with Gasteiger partial charge in [-0.1, -0.05) is 25.4 Å². The van der Waals surface area contributed by atoms with Gasteiger partial charge in [0.2, 0.25) is 0 Å². The van der Waals surface area contributed by atoms with Crippen LogP contribution in [-0.4, -0.2) is 11.0 Å². The van der Waals surface area contributed by atoms with E-state index in [1.165, 1.54) is 18.7 Å². The van der Waals surface area contributed by atoms with Gasteiger partial charge in [-0.05, 0) is 37.2 Å². The lowest BCUT2D eigenvalue weighted by Gasteiger charge is -2.32. The molecule has 2 nitrogen and oxygen atoms in total. The highest BCUT2D eigenvalue weighted by molar-refractivity contribution is 6.30. The Bertz CT molecular complexity index is 397. The molecule has 4 heteroatoms. The lowest BCUT2D eigenvalue weighted by Crippen LogP contribution is -2.30. The van der Waals surface area contributed by atoms with E-state index in [0.717, 1.165) is 18.8 Å². The second-order valence-electron chi connectivity index (χ2n) is 5.09. The van der Waals surface area contributed by atoms with E-state index < -0.39 is 0 Å². The summed E-state index contributed by atoms with van der Waals surface area (Å²) in [6.45, 7) is 4.53. The molecule has 94 valence electrons. The fraction of sp³-hybridized carbons (Fsp3) is 0.615. The van der Waals surface area contributed by atoms with Gasteiger partial charge in [0.25, 0.3) is 0 Å². The highest BCUT2D eigenvalue weighted by atomic mass is 35.5. The Labute approximate surface area is 107 Å². The van der Waals surface area contributed by atoms with Crippen molar-refractivity contribution in [1.82, 2.24) is 4.98 Å². The second-order valence-corrected chi connectivity index (χ2v) is 5.53. The molecule has 17 heavy (non-hydrogen) atoms. The summed E-state index contributed by atoms with van der Waals surface area (Å²) in [5.41, 5.74) is 0. The van der Waals surface area contributed by atoms with E-state index >= 15 is 0 Å². The molecule has 0 saturated heterocycles. The van der Waals surface area contributed by atoms with Crippen molar-refractivity contribution in [1.29, 1.82) is 0 Å². The van der Waals surface area contributed by atoms with E-state index in [2.05, 4.69) is 24.1 Å². The first kappa shape index (κ1) is 12.6. The minimum absolute atomic E-state index is 0.321. The van der Waals surface area contributed by atoms with Gasteiger partial charge in [-0.15, -0.1) is 0 Å². The SMILES string of the molecule is CC1CCC(Nc2ncc(Cl)cc2F)CC1C. The van der Waals surface area contributed by atoms with E-state index in [-0.39, 0.29) is 5.82 Å². The van der Waals surface area contributed by atoms with Crippen LogP contribution < -0.4 is 5.32 Å². The van der Waals surface area contributed by atoms with Gasteiger partial charge in [-0.25, -0.2) is 9.37 Å². The van der Waals surface area contributed by atoms with Crippen molar-refractivity contribution < 1.29 is 4.39 Å². The molecule has 1 heterocycles. The zero-order valence-electron chi connectivity index (χ0n) is 10.2. The molecule has 1 aliphatic carbocycles. The first-order chi connectivity index (χ1) is 8.06. The molecule has 3 atom stereocenters. The van der Waals surface area contributed by atoms with Gasteiger partial charge in [0.15, 0.2) is 11.6 Å². The summed E-state index contributed by atoms with van der Waals surface area (Å²) in [5.74, 6) is 1.39. The van der Waals surface area contributed by atoms with Crippen LogP contribution in [0.15, 0.2) is 12.3 Å². The minimum atomic E-state index is -0.372. The molecule has 1 fully saturated rings. The molecule has 2 rings (SSSR count). The van der Waals surface area contributed by atoms with Crippen LogP contribution in [0.3, 0.4) is 0 Å². The maximum atomic E-state index is 13.6. The van der Waals surface area contributed by atoms with Gasteiger partial charge >= 0.3 is 0 Å². The second kappa shape index (κ2) is 5.21. The maximum absolute atomic E-state index is 13.6. The van der Waals surface area contributed by atoms with Crippen LogP contribution in [0.2, 0.25) is 5.02 Å². The monoisotopic (exact) mass is 256 g/mol. The van der Waals surface area contributed by atoms with Gasteiger partial charge < -0.3 is 5.32 Å². The van der Waals surface area contributed by atoms with E-state index in [1.807, 2.05) is 0 Å². The van der Waals surface area contributed by atoms with Gasteiger partial charge in [-0.2, -0.15) is 0 Å². The lowest BCUT2D eigenvalue weighted by atomic mass is 9.79. The third-order valence-electron chi connectivity index (χ3n) is 3.75. The van der Waals surface area contributed by atoms with Crippen molar-refractivity contribution in [2.24, 2.45) is 11.8 Å². The average Bonchev–Trinajstić information content (AvgIpc) is 2.27. The molecular formula is C13H18ClFN2. The molecule has 3 unspecified atom stereocenters. The summed E-state index contributed by atoms with van der Waals surface area (Å²) in [5, 5.41) is 3.51. The Hall–Kier alpha value is -0.830. The Morgan fingerprint density at radius 3 is 2.76 bits per heavy atom. The summed E-state index contributed by atoms with van der Waals surface area (Å²) in [4.78, 5) is 4.00. The van der Waals surface area contributed by atoms with Crippen molar-refractivity contribution in [2.75, 3.05) is 5.32 Å². The fourth-order valence-corrected chi connectivity index (χ4v) is 2.54. The van der Waals surface area contributed by atoms with Gasteiger partial charge in [-0.3, -0.25) is 0 Å². The molecule has 0 amide bonds. The first-order valence-electron chi connectivity index (χ1n) is 6.14. The molecular weight excluding hydrogens is 239 g/mol. The predicted octanol–water partition coefficient (Wildman–Crippen LogP) is 4.11. The van der Waals surface area contributed by atoms with Crippen LogP contribution in [0, 0.1) is 17.7 Å². The van der Waals surface area contributed by atoms with Crippen molar-refractivity contribution >= 4 is 17.4 Å². The van der Waals surface area contributed by atoms with E-state index in [9.17, 15) is 4.39 Å². The zero-order chi connectivity index (χ0) is 12.4. The minimum Gasteiger partial charge on any atom is -0.365 e.